The van der Waals surface area contributed by atoms with E-state index < -0.39 is 6.04 Å². The van der Waals surface area contributed by atoms with Crippen LogP contribution < -0.4 is 5.32 Å². The summed E-state index contributed by atoms with van der Waals surface area (Å²) in [5.74, 6) is 0.903. The second-order valence-corrected chi connectivity index (χ2v) is 8.35. The SMILES string of the molecule is Cc1nc(CNC(=O)[C@H]2CSCN2C(=O)c2ccc(Br)cc2)cs1. The Morgan fingerprint density at radius 2 is 2.12 bits per heavy atom. The fourth-order valence-corrected chi connectivity index (χ4v) is 4.43. The lowest BCUT2D eigenvalue weighted by Gasteiger charge is -2.23. The van der Waals surface area contributed by atoms with Crippen molar-refractivity contribution in [2.75, 3.05) is 11.6 Å². The van der Waals surface area contributed by atoms with Gasteiger partial charge in [-0.3, -0.25) is 9.59 Å². The van der Waals surface area contributed by atoms with Gasteiger partial charge in [0.05, 0.1) is 23.1 Å². The smallest absolute Gasteiger partial charge is 0.255 e. The molecular formula is C16H16BrN3O2S2. The van der Waals surface area contributed by atoms with E-state index in [9.17, 15) is 9.59 Å². The Kier molecular flexibility index (Phi) is 5.57. The van der Waals surface area contributed by atoms with Crippen molar-refractivity contribution in [3.05, 3.63) is 50.4 Å². The molecule has 5 nitrogen and oxygen atoms in total. The number of thiazole rings is 1. The van der Waals surface area contributed by atoms with E-state index in [2.05, 4.69) is 26.2 Å². The van der Waals surface area contributed by atoms with E-state index in [4.69, 9.17) is 0 Å². The van der Waals surface area contributed by atoms with Crippen LogP contribution in [0.3, 0.4) is 0 Å². The largest absolute Gasteiger partial charge is 0.349 e. The molecule has 0 spiro atoms. The van der Waals surface area contributed by atoms with E-state index in [0.717, 1.165) is 15.2 Å². The molecule has 1 N–H and O–H groups in total. The Morgan fingerprint density at radius 3 is 2.79 bits per heavy atom. The van der Waals surface area contributed by atoms with Crippen LogP contribution in [0.25, 0.3) is 0 Å². The Labute approximate surface area is 157 Å². The third kappa shape index (κ3) is 3.99. The van der Waals surface area contributed by atoms with Crippen molar-refractivity contribution >= 4 is 50.8 Å². The van der Waals surface area contributed by atoms with Crippen LogP contribution in [0.2, 0.25) is 0 Å². The van der Waals surface area contributed by atoms with Crippen molar-refractivity contribution in [3.8, 4) is 0 Å². The quantitative estimate of drug-likeness (QED) is 0.817. The van der Waals surface area contributed by atoms with Crippen LogP contribution in [0.5, 0.6) is 0 Å². The molecule has 1 aromatic carbocycles. The molecule has 1 aliphatic rings. The lowest BCUT2D eigenvalue weighted by molar-refractivity contribution is -0.124. The number of aromatic nitrogens is 1. The number of nitrogens with one attached hydrogen (secondary N) is 1. The normalized spacial score (nSPS) is 17.1. The molecule has 1 fully saturated rings. The Hall–Kier alpha value is -1.38. The maximum absolute atomic E-state index is 12.7. The number of carbonyl (C=O) groups is 2. The molecular weight excluding hydrogens is 410 g/mol. The highest BCUT2D eigenvalue weighted by molar-refractivity contribution is 9.10. The van der Waals surface area contributed by atoms with E-state index in [0.29, 0.717) is 23.7 Å². The molecule has 2 aromatic rings. The fourth-order valence-electron chi connectivity index (χ4n) is 2.40. The van der Waals surface area contributed by atoms with Crippen molar-refractivity contribution in [3.63, 3.8) is 0 Å². The number of amides is 2. The van der Waals surface area contributed by atoms with Gasteiger partial charge >= 0.3 is 0 Å². The van der Waals surface area contributed by atoms with Gasteiger partial charge in [-0.25, -0.2) is 4.98 Å². The average Bonchev–Trinajstić information content (AvgIpc) is 3.21. The minimum atomic E-state index is -0.439. The summed E-state index contributed by atoms with van der Waals surface area (Å²) in [4.78, 5) is 31.1. The van der Waals surface area contributed by atoms with Crippen LogP contribution in [-0.4, -0.2) is 39.4 Å². The summed E-state index contributed by atoms with van der Waals surface area (Å²) in [6.07, 6.45) is 0. The van der Waals surface area contributed by atoms with Gasteiger partial charge in [-0.2, -0.15) is 0 Å². The van der Waals surface area contributed by atoms with Crippen LogP contribution in [0.15, 0.2) is 34.1 Å². The van der Waals surface area contributed by atoms with Gasteiger partial charge in [0.15, 0.2) is 0 Å². The van der Waals surface area contributed by atoms with Crippen LogP contribution >= 0.6 is 39.0 Å². The monoisotopic (exact) mass is 425 g/mol. The third-order valence-corrected chi connectivity index (χ3v) is 6.01. The lowest BCUT2D eigenvalue weighted by Crippen LogP contribution is -2.47. The van der Waals surface area contributed by atoms with Crippen LogP contribution in [0.1, 0.15) is 21.1 Å². The number of hydrogen-bond donors (Lipinski definition) is 1. The molecule has 126 valence electrons. The van der Waals surface area contributed by atoms with Crippen LogP contribution in [0.4, 0.5) is 0 Å². The molecule has 1 aliphatic heterocycles. The van der Waals surface area contributed by atoms with Gasteiger partial charge in [0.1, 0.15) is 6.04 Å². The molecule has 3 rings (SSSR count). The van der Waals surface area contributed by atoms with E-state index in [1.165, 1.54) is 0 Å². The van der Waals surface area contributed by atoms with Gasteiger partial charge in [0.2, 0.25) is 5.91 Å². The molecule has 1 saturated heterocycles. The van der Waals surface area contributed by atoms with E-state index in [-0.39, 0.29) is 11.8 Å². The molecule has 8 heteroatoms. The predicted octanol–water partition coefficient (Wildman–Crippen LogP) is 3.05. The van der Waals surface area contributed by atoms with Gasteiger partial charge < -0.3 is 10.2 Å². The molecule has 2 amide bonds. The minimum absolute atomic E-state index is 0.114. The minimum Gasteiger partial charge on any atom is -0.349 e. The topological polar surface area (TPSA) is 62.3 Å². The molecule has 2 heterocycles. The first-order valence-electron chi connectivity index (χ1n) is 7.37. The first-order chi connectivity index (χ1) is 11.5. The number of carbonyl (C=O) groups excluding carboxylic acids is 2. The van der Waals surface area contributed by atoms with Crippen molar-refractivity contribution in [2.24, 2.45) is 0 Å². The molecule has 0 aliphatic carbocycles. The van der Waals surface area contributed by atoms with Gasteiger partial charge in [-0.1, -0.05) is 15.9 Å². The highest BCUT2D eigenvalue weighted by Gasteiger charge is 2.35. The molecule has 1 aromatic heterocycles. The summed E-state index contributed by atoms with van der Waals surface area (Å²) < 4.78 is 0.919. The summed E-state index contributed by atoms with van der Waals surface area (Å²) in [6, 6.07) is 6.75. The highest BCUT2D eigenvalue weighted by atomic mass is 79.9. The number of rotatable bonds is 4. The molecule has 0 saturated carbocycles. The van der Waals surface area contributed by atoms with E-state index >= 15 is 0 Å². The summed E-state index contributed by atoms with van der Waals surface area (Å²) in [5, 5.41) is 5.80. The van der Waals surface area contributed by atoms with Gasteiger partial charge in [0.25, 0.3) is 5.91 Å². The summed E-state index contributed by atoms with van der Waals surface area (Å²) >= 11 is 6.51. The molecule has 1 atom stereocenters. The summed E-state index contributed by atoms with van der Waals surface area (Å²) in [5.41, 5.74) is 1.44. The number of aryl methyl sites for hydroxylation is 1. The summed E-state index contributed by atoms with van der Waals surface area (Å²) in [6.45, 7) is 2.33. The number of benzene rings is 1. The number of thioether (sulfide) groups is 1. The van der Waals surface area contributed by atoms with Crippen molar-refractivity contribution in [1.29, 1.82) is 0 Å². The zero-order valence-electron chi connectivity index (χ0n) is 13.0. The van der Waals surface area contributed by atoms with E-state index in [1.807, 2.05) is 24.4 Å². The zero-order chi connectivity index (χ0) is 17.1. The predicted molar refractivity (Wildman–Crippen MR) is 100 cm³/mol. The van der Waals surface area contributed by atoms with E-state index in [1.54, 1.807) is 40.1 Å². The zero-order valence-corrected chi connectivity index (χ0v) is 16.2. The first kappa shape index (κ1) is 17.4. The molecule has 24 heavy (non-hydrogen) atoms. The third-order valence-electron chi connectivity index (χ3n) is 3.65. The van der Waals surface area contributed by atoms with Crippen molar-refractivity contribution < 1.29 is 9.59 Å². The first-order valence-corrected chi connectivity index (χ1v) is 10.2. The molecule has 0 unspecified atom stereocenters. The average molecular weight is 426 g/mol. The Balaban J connectivity index is 1.64. The Morgan fingerprint density at radius 1 is 1.38 bits per heavy atom. The maximum Gasteiger partial charge on any atom is 0.255 e. The second kappa shape index (κ2) is 7.67. The van der Waals surface area contributed by atoms with Crippen molar-refractivity contribution in [2.45, 2.75) is 19.5 Å². The van der Waals surface area contributed by atoms with Crippen LogP contribution in [0, 0.1) is 6.92 Å². The number of hydrogen-bond acceptors (Lipinski definition) is 5. The molecule has 0 radical (unpaired) electrons. The maximum atomic E-state index is 12.7. The number of halogens is 1. The van der Waals surface area contributed by atoms with Gasteiger partial charge in [-0.15, -0.1) is 23.1 Å². The number of nitrogens with zero attached hydrogens (tertiary/aromatic N) is 2. The van der Waals surface area contributed by atoms with Gasteiger partial charge in [-0.05, 0) is 31.2 Å². The highest BCUT2D eigenvalue weighted by Crippen LogP contribution is 2.24. The van der Waals surface area contributed by atoms with Crippen LogP contribution in [-0.2, 0) is 11.3 Å². The van der Waals surface area contributed by atoms with Crippen molar-refractivity contribution in [1.82, 2.24) is 15.2 Å². The molecule has 0 bridgehead atoms. The second-order valence-electron chi connectivity index (χ2n) is 5.37. The van der Waals surface area contributed by atoms with Gasteiger partial charge in [0, 0.05) is 21.2 Å². The fraction of sp³-hybridized carbons (Fsp3) is 0.312. The lowest BCUT2D eigenvalue weighted by atomic mass is 10.1. The summed E-state index contributed by atoms with van der Waals surface area (Å²) in [7, 11) is 0. The Bertz CT molecular complexity index is 748. The standard InChI is InChI=1S/C16H16BrN3O2S2/c1-10-19-13(7-24-10)6-18-15(21)14-8-23-9-20(14)16(22)11-2-4-12(17)5-3-11/h2-5,7,14H,6,8-9H2,1H3,(H,18,21)/t14-/m1/s1.